The van der Waals surface area contributed by atoms with Crippen molar-refractivity contribution >= 4 is 5.97 Å². The van der Waals surface area contributed by atoms with Crippen molar-refractivity contribution in [3.8, 4) is 0 Å². The summed E-state index contributed by atoms with van der Waals surface area (Å²) in [6.07, 6.45) is 6.20. The second kappa shape index (κ2) is 5.64. The van der Waals surface area contributed by atoms with Crippen molar-refractivity contribution in [2.75, 3.05) is 26.3 Å². The fourth-order valence-electron chi connectivity index (χ4n) is 3.02. The normalized spacial score (nSPS) is 30.8. The molecule has 0 aliphatic carbocycles. The molecule has 2 saturated heterocycles. The number of aliphatic hydroxyl groups is 1. The van der Waals surface area contributed by atoms with Gasteiger partial charge in [-0.15, -0.1) is 0 Å². The molecule has 16 heavy (non-hydrogen) atoms. The molecule has 2 atom stereocenters. The third-order valence-electron chi connectivity index (χ3n) is 3.82. The maximum atomic E-state index is 10.9. The lowest BCUT2D eigenvalue weighted by atomic mass is 9.84. The van der Waals surface area contributed by atoms with Crippen LogP contribution in [0.3, 0.4) is 0 Å². The second-order valence-corrected chi connectivity index (χ2v) is 4.84. The van der Waals surface area contributed by atoms with E-state index >= 15 is 0 Å². The van der Waals surface area contributed by atoms with Gasteiger partial charge < -0.3 is 9.84 Å². The average Bonchev–Trinajstić information content (AvgIpc) is 2.35. The van der Waals surface area contributed by atoms with Gasteiger partial charge in [0.1, 0.15) is 6.61 Å². The Bertz CT molecular complexity index is 242. The predicted octanol–water partition coefficient (Wildman–Crippen LogP) is 0.786. The summed E-state index contributed by atoms with van der Waals surface area (Å²) in [6.45, 7) is 2.39. The van der Waals surface area contributed by atoms with E-state index in [1.165, 1.54) is 38.8 Å². The van der Waals surface area contributed by atoms with Crippen LogP contribution in [0.1, 0.15) is 32.1 Å². The van der Waals surface area contributed by atoms with Crippen molar-refractivity contribution in [2.24, 2.45) is 5.92 Å². The zero-order valence-electron chi connectivity index (χ0n) is 9.73. The summed E-state index contributed by atoms with van der Waals surface area (Å²) in [4.78, 5) is 13.5. The fraction of sp³-hybridized carbons (Fsp3) is 0.917. The topological polar surface area (TPSA) is 49.8 Å². The minimum atomic E-state index is -0.499. The molecule has 0 bridgehead atoms. The maximum absolute atomic E-state index is 10.9. The number of aliphatic hydroxyl groups excluding tert-OH is 1. The molecule has 2 fully saturated rings. The third kappa shape index (κ3) is 2.74. The van der Waals surface area contributed by atoms with E-state index in [1.54, 1.807) is 0 Å². The SMILES string of the molecule is O=C(CO)OC[C@H]1CCCN2CCCC[C@H]12. The Morgan fingerprint density at radius 3 is 2.88 bits per heavy atom. The minimum Gasteiger partial charge on any atom is -0.464 e. The van der Waals surface area contributed by atoms with Crippen molar-refractivity contribution in [2.45, 2.75) is 38.1 Å². The van der Waals surface area contributed by atoms with Gasteiger partial charge >= 0.3 is 5.97 Å². The van der Waals surface area contributed by atoms with E-state index in [9.17, 15) is 4.79 Å². The van der Waals surface area contributed by atoms with Crippen molar-refractivity contribution < 1.29 is 14.6 Å². The van der Waals surface area contributed by atoms with E-state index in [0.29, 0.717) is 18.6 Å². The van der Waals surface area contributed by atoms with Crippen LogP contribution in [-0.4, -0.2) is 48.3 Å². The zero-order chi connectivity index (χ0) is 11.4. The third-order valence-corrected chi connectivity index (χ3v) is 3.82. The lowest BCUT2D eigenvalue weighted by Gasteiger charge is -2.44. The molecule has 4 nitrogen and oxygen atoms in total. The molecular weight excluding hydrogens is 206 g/mol. The first-order valence-corrected chi connectivity index (χ1v) is 6.32. The summed E-state index contributed by atoms with van der Waals surface area (Å²) >= 11 is 0. The van der Waals surface area contributed by atoms with Crippen LogP contribution in [0.15, 0.2) is 0 Å². The van der Waals surface area contributed by atoms with E-state index in [2.05, 4.69) is 4.90 Å². The molecule has 0 spiro atoms. The molecule has 92 valence electrons. The molecule has 0 aromatic rings. The quantitative estimate of drug-likeness (QED) is 0.724. The highest BCUT2D eigenvalue weighted by Crippen LogP contribution is 2.30. The Morgan fingerprint density at radius 1 is 1.25 bits per heavy atom. The second-order valence-electron chi connectivity index (χ2n) is 4.84. The Morgan fingerprint density at radius 2 is 2.06 bits per heavy atom. The number of carbonyl (C=O) groups excluding carboxylic acids is 1. The number of rotatable bonds is 3. The van der Waals surface area contributed by atoms with Crippen LogP contribution in [0, 0.1) is 5.92 Å². The van der Waals surface area contributed by atoms with Crippen molar-refractivity contribution in [1.29, 1.82) is 0 Å². The Labute approximate surface area is 96.6 Å². The summed E-state index contributed by atoms with van der Waals surface area (Å²) in [5, 5.41) is 8.61. The Kier molecular flexibility index (Phi) is 4.18. The van der Waals surface area contributed by atoms with Crippen molar-refractivity contribution in [3.63, 3.8) is 0 Å². The van der Waals surface area contributed by atoms with E-state index < -0.39 is 12.6 Å². The van der Waals surface area contributed by atoms with Gasteiger partial charge in [0.15, 0.2) is 0 Å². The highest BCUT2D eigenvalue weighted by molar-refractivity contribution is 5.70. The highest BCUT2D eigenvalue weighted by atomic mass is 16.5. The molecule has 0 unspecified atom stereocenters. The number of nitrogens with zero attached hydrogens (tertiary/aromatic N) is 1. The summed E-state index contributed by atoms with van der Waals surface area (Å²) < 4.78 is 5.06. The van der Waals surface area contributed by atoms with E-state index in [1.807, 2.05) is 0 Å². The molecule has 4 heteroatoms. The number of hydrogen-bond acceptors (Lipinski definition) is 4. The van der Waals surface area contributed by atoms with E-state index in [0.717, 1.165) is 6.42 Å². The first-order valence-electron chi connectivity index (χ1n) is 6.32. The van der Waals surface area contributed by atoms with Gasteiger partial charge in [-0.05, 0) is 38.8 Å². The number of esters is 1. The van der Waals surface area contributed by atoms with Gasteiger partial charge in [0.25, 0.3) is 0 Å². The summed E-state index contributed by atoms with van der Waals surface area (Å²) in [6, 6.07) is 0.606. The van der Waals surface area contributed by atoms with Crippen LogP contribution in [0.2, 0.25) is 0 Å². The molecule has 0 aromatic carbocycles. The first-order chi connectivity index (χ1) is 7.81. The molecular formula is C12H21NO3. The highest BCUT2D eigenvalue weighted by Gasteiger charge is 2.33. The first kappa shape index (κ1) is 11.9. The lowest BCUT2D eigenvalue weighted by molar-refractivity contribution is -0.149. The number of carbonyl (C=O) groups is 1. The number of ether oxygens (including phenoxy) is 1. The number of piperidine rings is 2. The summed E-state index contributed by atoms with van der Waals surface area (Å²) in [7, 11) is 0. The molecule has 1 N–H and O–H groups in total. The van der Waals surface area contributed by atoms with Gasteiger partial charge in [-0.2, -0.15) is 0 Å². The summed E-state index contributed by atoms with van der Waals surface area (Å²) in [5.41, 5.74) is 0. The van der Waals surface area contributed by atoms with E-state index in [4.69, 9.17) is 9.84 Å². The van der Waals surface area contributed by atoms with E-state index in [-0.39, 0.29) is 0 Å². The van der Waals surface area contributed by atoms with Gasteiger partial charge in [-0.3, -0.25) is 4.90 Å². The smallest absolute Gasteiger partial charge is 0.331 e. The minimum absolute atomic E-state index is 0.476. The van der Waals surface area contributed by atoms with Gasteiger partial charge in [0, 0.05) is 12.0 Å². The molecule has 0 amide bonds. The average molecular weight is 227 g/mol. The standard InChI is InChI=1S/C12H21NO3/c14-8-12(15)16-9-10-4-3-7-13-6-2-1-5-11(10)13/h10-11,14H,1-9H2/t10-,11-/m1/s1. The largest absolute Gasteiger partial charge is 0.464 e. The molecule has 0 radical (unpaired) electrons. The molecule has 2 aliphatic heterocycles. The van der Waals surface area contributed by atoms with Gasteiger partial charge in [0.05, 0.1) is 6.61 Å². The fourth-order valence-corrected chi connectivity index (χ4v) is 3.02. The predicted molar refractivity (Wildman–Crippen MR) is 60.0 cm³/mol. The van der Waals surface area contributed by atoms with Crippen molar-refractivity contribution in [1.82, 2.24) is 4.90 Å². The van der Waals surface area contributed by atoms with Gasteiger partial charge in [0.2, 0.25) is 0 Å². The summed E-state index contributed by atoms with van der Waals surface area (Å²) in [5.74, 6) is -0.0162. The van der Waals surface area contributed by atoms with Crippen LogP contribution in [-0.2, 0) is 9.53 Å². The molecule has 0 saturated carbocycles. The lowest BCUT2D eigenvalue weighted by Crippen LogP contribution is -2.49. The number of hydrogen-bond donors (Lipinski definition) is 1. The monoisotopic (exact) mass is 227 g/mol. The Hall–Kier alpha value is -0.610. The maximum Gasteiger partial charge on any atom is 0.331 e. The molecule has 0 aromatic heterocycles. The molecule has 2 aliphatic rings. The number of fused-ring (bicyclic) bond motifs is 1. The van der Waals surface area contributed by atoms with Crippen LogP contribution in [0.5, 0.6) is 0 Å². The molecule has 2 heterocycles. The molecule has 2 rings (SSSR count). The van der Waals surface area contributed by atoms with Gasteiger partial charge in [-0.1, -0.05) is 6.42 Å². The zero-order valence-corrected chi connectivity index (χ0v) is 9.73. The van der Waals surface area contributed by atoms with Crippen LogP contribution in [0.4, 0.5) is 0 Å². The van der Waals surface area contributed by atoms with Crippen molar-refractivity contribution in [3.05, 3.63) is 0 Å². The van der Waals surface area contributed by atoms with Crippen LogP contribution in [0.25, 0.3) is 0 Å². The van der Waals surface area contributed by atoms with Crippen LogP contribution < -0.4 is 0 Å². The van der Waals surface area contributed by atoms with Crippen LogP contribution >= 0.6 is 0 Å². The van der Waals surface area contributed by atoms with Gasteiger partial charge in [-0.25, -0.2) is 4.79 Å². The Balaban J connectivity index is 1.85.